The molecular weight excluding hydrogens is 350 g/mol. The summed E-state index contributed by atoms with van der Waals surface area (Å²) < 4.78 is 7.46. The molecule has 146 valence electrons. The molecule has 2 aromatic carbocycles. The molecule has 5 heteroatoms. The third-order valence-corrected chi connectivity index (χ3v) is 5.41. The number of ether oxygens (including phenoxy) is 1. The number of nitrogens with zero attached hydrogens (tertiary/aromatic N) is 3. The molecule has 3 aromatic rings. The summed E-state index contributed by atoms with van der Waals surface area (Å²) in [6.45, 7) is 6.57. The fourth-order valence-corrected chi connectivity index (χ4v) is 3.92. The summed E-state index contributed by atoms with van der Waals surface area (Å²) in [5.74, 6) is 1.65. The van der Waals surface area contributed by atoms with E-state index in [2.05, 4.69) is 16.8 Å². The molecule has 0 amide bonds. The maximum atomic E-state index is 12.7. The second-order valence-electron chi connectivity index (χ2n) is 7.68. The predicted molar refractivity (Wildman–Crippen MR) is 112 cm³/mol. The van der Waals surface area contributed by atoms with Crippen LogP contribution in [0.25, 0.3) is 16.6 Å². The van der Waals surface area contributed by atoms with Crippen molar-refractivity contribution in [1.29, 1.82) is 0 Å². The quantitative estimate of drug-likeness (QED) is 0.612. The number of likely N-dealkylation sites (tertiary alicyclic amines) is 1. The molecule has 0 spiro atoms. The fourth-order valence-electron chi connectivity index (χ4n) is 3.92. The number of aromatic nitrogens is 2. The Morgan fingerprint density at radius 3 is 2.79 bits per heavy atom. The van der Waals surface area contributed by atoms with Gasteiger partial charge in [0.05, 0.1) is 23.2 Å². The SMILES string of the molecule is C[C@H]1CCCN(CCCOc2ccc(-n3cnc4ccccc4c3=O)cc2)C1. The highest BCUT2D eigenvalue weighted by Crippen LogP contribution is 2.17. The third kappa shape index (κ3) is 4.25. The average Bonchev–Trinajstić information content (AvgIpc) is 2.72. The van der Waals surface area contributed by atoms with Crippen molar-refractivity contribution < 1.29 is 4.74 Å². The largest absolute Gasteiger partial charge is 0.494 e. The molecule has 0 aliphatic carbocycles. The first-order valence-corrected chi connectivity index (χ1v) is 10.1. The van der Waals surface area contributed by atoms with Gasteiger partial charge < -0.3 is 9.64 Å². The number of hydrogen-bond acceptors (Lipinski definition) is 4. The molecule has 5 nitrogen and oxygen atoms in total. The second-order valence-corrected chi connectivity index (χ2v) is 7.68. The highest BCUT2D eigenvalue weighted by molar-refractivity contribution is 5.77. The monoisotopic (exact) mass is 377 g/mol. The lowest BCUT2D eigenvalue weighted by Crippen LogP contribution is -2.35. The lowest BCUT2D eigenvalue weighted by molar-refractivity contribution is 0.170. The number of hydrogen-bond donors (Lipinski definition) is 0. The van der Waals surface area contributed by atoms with Crippen LogP contribution in [0.4, 0.5) is 0 Å². The molecule has 0 saturated carbocycles. The molecule has 1 fully saturated rings. The van der Waals surface area contributed by atoms with Crippen molar-refractivity contribution in [2.45, 2.75) is 26.2 Å². The Hall–Kier alpha value is -2.66. The standard InChI is InChI=1S/C23H27N3O2/c1-18-6-4-13-25(16-18)14-5-15-28-20-11-9-19(10-12-20)26-17-24-22-8-3-2-7-21(22)23(26)27/h2-3,7-12,17-18H,4-6,13-16H2,1H3/t18-/m0/s1. The van der Waals surface area contributed by atoms with Crippen molar-refractivity contribution in [3.8, 4) is 11.4 Å². The lowest BCUT2D eigenvalue weighted by Gasteiger charge is -2.30. The van der Waals surface area contributed by atoms with Crippen molar-refractivity contribution in [3.63, 3.8) is 0 Å². The molecule has 0 bridgehead atoms. The van der Waals surface area contributed by atoms with E-state index in [0.29, 0.717) is 17.5 Å². The van der Waals surface area contributed by atoms with Gasteiger partial charge in [0.25, 0.3) is 5.56 Å². The van der Waals surface area contributed by atoms with Crippen molar-refractivity contribution in [2.75, 3.05) is 26.2 Å². The number of rotatable bonds is 6. The first-order valence-electron chi connectivity index (χ1n) is 10.1. The highest BCUT2D eigenvalue weighted by Gasteiger charge is 2.15. The van der Waals surface area contributed by atoms with Crippen LogP contribution in [0.5, 0.6) is 5.75 Å². The van der Waals surface area contributed by atoms with Gasteiger partial charge in [-0.15, -0.1) is 0 Å². The maximum Gasteiger partial charge on any atom is 0.265 e. The van der Waals surface area contributed by atoms with Crippen LogP contribution in [0.15, 0.2) is 59.7 Å². The summed E-state index contributed by atoms with van der Waals surface area (Å²) in [6, 6.07) is 15.0. The van der Waals surface area contributed by atoms with Gasteiger partial charge in [0.2, 0.25) is 0 Å². The molecule has 4 rings (SSSR count). The van der Waals surface area contributed by atoms with Crippen LogP contribution in [0, 0.1) is 5.92 Å². The Bertz CT molecular complexity index is 981. The van der Waals surface area contributed by atoms with Crippen LogP contribution in [0.2, 0.25) is 0 Å². The number of benzene rings is 2. The molecule has 0 N–H and O–H groups in total. The van der Waals surface area contributed by atoms with Crippen molar-refractivity contribution >= 4 is 10.9 Å². The number of piperidine rings is 1. The smallest absolute Gasteiger partial charge is 0.265 e. The van der Waals surface area contributed by atoms with Gasteiger partial charge in [-0.25, -0.2) is 4.98 Å². The van der Waals surface area contributed by atoms with Crippen LogP contribution in [-0.2, 0) is 0 Å². The Balaban J connectivity index is 1.35. The lowest BCUT2D eigenvalue weighted by atomic mass is 10.0. The minimum absolute atomic E-state index is 0.0602. The van der Waals surface area contributed by atoms with Crippen molar-refractivity contribution in [1.82, 2.24) is 14.5 Å². The van der Waals surface area contributed by atoms with E-state index in [9.17, 15) is 4.79 Å². The van der Waals surface area contributed by atoms with Crippen LogP contribution >= 0.6 is 0 Å². The molecule has 1 aromatic heterocycles. The summed E-state index contributed by atoms with van der Waals surface area (Å²) in [5, 5.41) is 0.623. The van der Waals surface area contributed by atoms with E-state index in [1.165, 1.54) is 25.9 Å². The summed E-state index contributed by atoms with van der Waals surface area (Å²) >= 11 is 0. The molecule has 2 heterocycles. The maximum absolute atomic E-state index is 12.7. The zero-order valence-corrected chi connectivity index (χ0v) is 16.4. The van der Waals surface area contributed by atoms with E-state index in [1.54, 1.807) is 10.9 Å². The van der Waals surface area contributed by atoms with E-state index in [4.69, 9.17) is 4.74 Å². The van der Waals surface area contributed by atoms with Crippen LogP contribution < -0.4 is 10.3 Å². The highest BCUT2D eigenvalue weighted by atomic mass is 16.5. The summed E-state index contributed by atoms with van der Waals surface area (Å²) in [5.41, 5.74) is 1.44. The Labute approximate surface area is 165 Å². The van der Waals surface area contributed by atoms with E-state index < -0.39 is 0 Å². The van der Waals surface area contributed by atoms with Gasteiger partial charge >= 0.3 is 0 Å². The zero-order valence-electron chi connectivity index (χ0n) is 16.4. The van der Waals surface area contributed by atoms with Gasteiger partial charge in [0.1, 0.15) is 12.1 Å². The summed E-state index contributed by atoms with van der Waals surface area (Å²) in [4.78, 5) is 19.6. The van der Waals surface area contributed by atoms with Gasteiger partial charge in [-0.2, -0.15) is 0 Å². The van der Waals surface area contributed by atoms with Gasteiger partial charge in [0, 0.05) is 13.1 Å². The fraction of sp³-hybridized carbons (Fsp3) is 0.391. The molecule has 0 radical (unpaired) electrons. The Kier molecular flexibility index (Phi) is 5.72. The first-order chi connectivity index (χ1) is 13.7. The van der Waals surface area contributed by atoms with Crippen LogP contribution in [0.3, 0.4) is 0 Å². The zero-order chi connectivity index (χ0) is 19.3. The van der Waals surface area contributed by atoms with Gasteiger partial charge in [-0.1, -0.05) is 19.1 Å². The van der Waals surface area contributed by atoms with Gasteiger partial charge in [-0.3, -0.25) is 9.36 Å². The molecule has 1 saturated heterocycles. The van der Waals surface area contributed by atoms with E-state index >= 15 is 0 Å². The molecule has 1 aliphatic rings. The Morgan fingerprint density at radius 1 is 1.14 bits per heavy atom. The Morgan fingerprint density at radius 2 is 1.96 bits per heavy atom. The van der Waals surface area contributed by atoms with Gasteiger partial charge in [0.15, 0.2) is 0 Å². The minimum atomic E-state index is -0.0602. The van der Waals surface area contributed by atoms with Crippen LogP contribution in [0.1, 0.15) is 26.2 Å². The van der Waals surface area contributed by atoms with Crippen LogP contribution in [-0.4, -0.2) is 40.7 Å². The topological polar surface area (TPSA) is 47.4 Å². The first kappa shape index (κ1) is 18.7. The average molecular weight is 377 g/mol. The number of para-hydroxylation sites is 1. The molecule has 1 aliphatic heterocycles. The number of fused-ring (bicyclic) bond motifs is 1. The predicted octanol–water partition coefficient (Wildman–Crippen LogP) is 3.89. The van der Waals surface area contributed by atoms with Crippen molar-refractivity contribution in [3.05, 3.63) is 65.2 Å². The molecule has 28 heavy (non-hydrogen) atoms. The molecule has 0 unspecified atom stereocenters. The molecule has 1 atom stereocenters. The van der Waals surface area contributed by atoms with E-state index in [1.807, 2.05) is 48.5 Å². The van der Waals surface area contributed by atoms with E-state index in [-0.39, 0.29) is 5.56 Å². The minimum Gasteiger partial charge on any atom is -0.494 e. The van der Waals surface area contributed by atoms with Crippen molar-refractivity contribution in [2.24, 2.45) is 5.92 Å². The molecular formula is C23H27N3O2. The second kappa shape index (κ2) is 8.57. The van der Waals surface area contributed by atoms with Gasteiger partial charge in [-0.05, 0) is 68.1 Å². The summed E-state index contributed by atoms with van der Waals surface area (Å²) in [6.07, 6.45) is 5.28. The normalized spacial score (nSPS) is 17.7. The summed E-state index contributed by atoms with van der Waals surface area (Å²) in [7, 11) is 0. The van der Waals surface area contributed by atoms with E-state index in [0.717, 1.165) is 30.3 Å². The third-order valence-electron chi connectivity index (χ3n) is 5.41.